The minimum atomic E-state index is 0.100. The predicted molar refractivity (Wildman–Crippen MR) is 141 cm³/mol. The molecule has 0 aromatic rings. The molecule has 0 aliphatic carbocycles. The van der Waals surface area contributed by atoms with Crippen molar-refractivity contribution in [2.45, 2.75) is 92.5 Å². The first-order valence-electron chi connectivity index (χ1n) is 13.1. The second-order valence-electron chi connectivity index (χ2n) is 11.0. The van der Waals surface area contributed by atoms with E-state index in [1.807, 2.05) is 21.1 Å². The van der Waals surface area contributed by atoms with Crippen LogP contribution < -0.4 is 5.73 Å². The quantitative estimate of drug-likeness (QED) is 0.339. The Morgan fingerprint density at radius 3 is 1.32 bits per heavy atom. The molecule has 0 radical (unpaired) electrons. The van der Waals surface area contributed by atoms with Gasteiger partial charge in [-0.25, -0.2) is 0 Å². The van der Waals surface area contributed by atoms with Gasteiger partial charge in [0, 0.05) is 67.6 Å². The van der Waals surface area contributed by atoms with Crippen molar-refractivity contribution < 1.29 is 14.4 Å². The maximum atomic E-state index is 11.5. The number of nitrogens with zero attached hydrogens (tertiary/aromatic N) is 3. The molecule has 7 nitrogen and oxygen atoms in total. The van der Waals surface area contributed by atoms with Gasteiger partial charge in [0.2, 0.25) is 17.7 Å². The third kappa shape index (κ3) is 14.6. The van der Waals surface area contributed by atoms with E-state index in [-0.39, 0.29) is 23.8 Å². The highest BCUT2D eigenvalue weighted by molar-refractivity contribution is 5.73. The molecule has 3 amide bonds. The van der Waals surface area contributed by atoms with Crippen LogP contribution in [0.2, 0.25) is 0 Å². The minimum Gasteiger partial charge on any atom is -0.346 e. The maximum Gasteiger partial charge on any atom is 0.219 e. The molecule has 0 bridgehead atoms. The Morgan fingerprint density at radius 2 is 0.941 bits per heavy atom. The molecule has 7 heteroatoms. The molecule has 0 aliphatic rings. The second-order valence-corrected chi connectivity index (χ2v) is 11.0. The zero-order chi connectivity index (χ0) is 26.4. The molecule has 0 aromatic heterocycles. The smallest absolute Gasteiger partial charge is 0.219 e. The number of carbonyl (C=O) groups is 3. The SMILES string of the molecule is CC(=O)N(C)CCC(C)CCC(CC(C)CCN(C)C(C)=O)C(N)CC(C)CCN(C)C(C)=O. The van der Waals surface area contributed by atoms with Crippen LogP contribution >= 0.6 is 0 Å². The van der Waals surface area contributed by atoms with Gasteiger partial charge in [0.1, 0.15) is 0 Å². The number of rotatable bonds is 17. The van der Waals surface area contributed by atoms with Crippen LogP contribution in [0, 0.1) is 23.7 Å². The van der Waals surface area contributed by atoms with E-state index < -0.39 is 0 Å². The summed E-state index contributed by atoms with van der Waals surface area (Å²) in [7, 11) is 5.57. The molecule has 0 spiro atoms. The largest absolute Gasteiger partial charge is 0.346 e. The van der Waals surface area contributed by atoms with Crippen LogP contribution in [0.25, 0.3) is 0 Å². The van der Waals surface area contributed by atoms with Gasteiger partial charge in [0.05, 0.1) is 0 Å². The lowest BCUT2D eigenvalue weighted by atomic mass is 9.80. The van der Waals surface area contributed by atoms with Crippen molar-refractivity contribution in [3.05, 3.63) is 0 Å². The zero-order valence-electron chi connectivity index (χ0n) is 23.6. The summed E-state index contributed by atoms with van der Waals surface area (Å²) < 4.78 is 0. The second kappa shape index (κ2) is 16.9. The normalized spacial score (nSPS) is 15.7. The van der Waals surface area contributed by atoms with Crippen LogP contribution in [-0.4, -0.2) is 79.2 Å². The first-order valence-corrected chi connectivity index (χ1v) is 13.1. The lowest BCUT2D eigenvalue weighted by Crippen LogP contribution is -2.35. The predicted octanol–water partition coefficient (Wildman–Crippen LogP) is 4.00. The standard InChI is InChI=1S/C27H54N4O3/c1-20(12-15-29(7)23(4)32)10-11-26(18-21(2)13-16-30(8)24(5)33)27(28)19-22(3)14-17-31(9)25(6)34/h20-22,26-27H,10-19,28H2,1-9H3. The van der Waals surface area contributed by atoms with Gasteiger partial charge in [-0.1, -0.05) is 27.2 Å². The Hall–Kier alpha value is -1.63. The first-order chi connectivity index (χ1) is 15.7. The Balaban J connectivity index is 4.93. The third-order valence-electron chi connectivity index (χ3n) is 7.50. The molecule has 5 atom stereocenters. The summed E-state index contributed by atoms with van der Waals surface area (Å²) >= 11 is 0. The first kappa shape index (κ1) is 32.4. The van der Waals surface area contributed by atoms with Gasteiger partial charge in [-0.15, -0.1) is 0 Å². The van der Waals surface area contributed by atoms with Crippen molar-refractivity contribution in [1.29, 1.82) is 0 Å². The molecule has 0 fully saturated rings. The highest BCUT2D eigenvalue weighted by Crippen LogP contribution is 2.28. The van der Waals surface area contributed by atoms with Crippen molar-refractivity contribution in [3.63, 3.8) is 0 Å². The van der Waals surface area contributed by atoms with Crippen LogP contribution in [-0.2, 0) is 14.4 Å². The average Bonchev–Trinajstić information content (AvgIpc) is 2.76. The Kier molecular flexibility index (Phi) is 16.1. The van der Waals surface area contributed by atoms with E-state index in [0.717, 1.165) is 64.6 Å². The minimum absolute atomic E-state index is 0.100. The van der Waals surface area contributed by atoms with Crippen molar-refractivity contribution in [3.8, 4) is 0 Å². The maximum absolute atomic E-state index is 11.5. The van der Waals surface area contributed by atoms with Crippen LogP contribution in [0.15, 0.2) is 0 Å². The highest BCUT2D eigenvalue weighted by atomic mass is 16.2. The molecule has 5 unspecified atom stereocenters. The molecular formula is C27H54N4O3. The lowest BCUT2D eigenvalue weighted by molar-refractivity contribution is -0.128. The molecule has 34 heavy (non-hydrogen) atoms. The number of hydrogen-bond acceptors (Lipinski definition) is 4. The van der Waals surface area contributed by atoms with Crippen molar-refractivity contribution >= 4 is 17.7 Å². The molecule has 0 saturated heterocycles. The number of amides is 3. The summed E-state index contributed by atoms with van der Waals surface area (Å²) in [5, 5.41) is 0. The van der Waals surface area contributed by atoms with Gasteiger partial charge in [-0.3, -0.25) is 14.4 Å². The van der Waals surface area contributed by atoms with Gasteiger partial charge in [0.25, 0.3) is 0 Å². The summed E-state index contributed by atoms with van der Waals surface area (Å²) in [6, 6.07) is 0.123. The van der Waals surface area contributed by atoms with E-state index in [1.54, 1.807) is 35.5 Å². The molecule has 0 aromatic carbocycles. The van der Waals surface area contributed by atoms with Crippen LogP contribution in [0.1, 0.15) is 86.5 Å². The fourth-order valence-electron chi connectivity index (χ4n) is 4.27. The van der Waals surface area contributed by atoms with Gasteiger partial charge in [-0.2, -0.15) is 0 Å². The molecule has 0 rings (SSSR count). The Morgan fingerprint density at radius 1 is 0.588 bits per heavy atom. The van der Waals surface area contributed by atoms with E-state index in [0.29, 0.717) is 23.7 Å². The van der Waals surface area contributed by atoms with E-state index in [1.165, 1.54) is 0 Å². The van der Waals surface area contributed by atoms with Crippen LogP contribution in [0.4, 0.5) is 0 Å². The summed E-state index contributed by atoms with van der Waals surface area (Å²) in [4.78, 5) is 39.9. The third-order valence-corrected chi connectivity index (χ3v) is 7.50. The Labute approximate surface area is 209 Å². The van der Waals surface area contributed by atoms with Gasteiger partial charge < -0.3 is 20.4 Å². The molecule has 0 saturated carbocycles. The van der Waals surface area contributed by atoms with Crippen LogP contribution in [0.5, 0.6) is 0 Å². The highest BCUT2D eigenvalue weighted by Gasteiger charge is 2.24. The number of carbonyl (C=O) groups excluding carboxylic acids is 3. The fourth-order valence-corrected chi connectivity index (χ4v) is 4.27. The van der Waals surface area contributed by atoms with Gasteiger partial charge in [-0.05, 0) is 62.2 Å². The monoisotopic (exact) mass is 482 g/mol. The zero-order valence-corrected chi connectivity index (χ0v) is 23.6. The van der Waals surface area contributed by atoms with Crippen molar-refractivity contribution in [2.75, 3.05) is 40.8 Å². The molecule has 2 N–H and O–H groups in total. The Bertz CT molecular complexity index is 613. The molecular weight excluding hydrogens is 428 g/mol. The summed E-state index contributed by atoms with van der Waals surface area (Å²) in [5.74, 6) is 2.24. The summed E-state index contributed by atoms with van der Waals surface area (Å²) in [6.07, 6.45) is 7.15. The topological polar surface area (TPSA) is 86.9 Å². The lowest BCUT2D eigenvalue weighted by Gasteiger charge is -2.30. The summed E-state index contributed by atoms with van der Waals surface area (Å²) in [5.41, 5.74) is 6.79. The van der Waals surface area contributed by atoms with Crippen LogP contribution in [0.3, 0.4) is 0 Å². The average molecular weight is 483 g/mol. The molecule has 200 valence electrons. The number of nitrogens with two attached hydrogens (primary N) is 1. The van der Waals surface area contributed by atoms with E-state index >= 15 is 0 Å². The van der Waals surface area contributed by atoms with Gasteiger partial charge in [0.15, 0.2) is 0 Å². The van der Waals surface area contributed by atoms with E-state index in [4.69, 9.17) is 5.73 Å². The molecule has 0 heterocycles. The summed E-state index contributed by atoms with van der Waals surface area (Å²) in [6.45, 7) is 13.9. The molecule has 0 aliphatic heterocycles. The fraction of sp³-hybridized carbons (Fsp3) is 0.889. The van der Waals surface area contributed by atoms with Crippen molar-refractivity contribution in [1.82, 2.24) is 14.7 Å². The van der Waals surface area contributed by atoms with E-state index in [2.05, 4.69) is 20.8 Å². The van der Waals surface area contributed by atoms with Gasteiger partial charge >= 0.3 is 0 Å². The van der Waals surface area contributed by atoms with E-state index in [9.17, 15) is 14.4 Å². The number of hydrogen-bond donors (Lipinski definition) is 1. The van der Waals surface area contributed by atoms with Crippen molar-refractivity contribution in [2.24, 2.45) is 29.4 Å².